The van der Waals surface area contributed by atoms with Gasteiger partial charge in [-0.3, -0.25) is 0 Å². The third-order valence-corrected chi connectivity index (χ3v) is 7.16. The van der Waals surface area contributed by atoms with Crippen molar-refractivity contribution in [2.75, 3.05) is 19.8 Å². The molecule has 2 N–H and O–H groups in total. The highest BCUT2D eigenvalue weighted by Gasteiger charge is 2.36. The molecule has 3 aromatic rings. The largest absolute Gasteiger partial charge is 0.490 e. The van der Waals surface area contributed by atoms with Crippen LogP contribution in [0.5, 0.6) is 5.75 Å². The van der Waals surface area contributed by atoms with Crippen molar-refractivity contribution < 1.29 is 14.6 Å². The van der Waals surface area contributed by atoms with E-state index in [0.717, 1.165) is 39.4 Å². The molecule has 33 heavy (non-hydrogen) atoms. The summed E-state index contributed by atoms with van der Waals surface area (Å²) in [4.78, 5) is 5.66. The monoisotopic (exact) mass is 466 g/mol. The van der Waals surface area contributed by atoms with E-state index in [0.29, 0.717) is 25.7 Å². The van der Waals surface area contributed by atoms with Crippen molar-refractivity contribution in [3.8, 4) is 5.75 Å². The third kappa shape index (κ3) is 4.69. The SMILES string of the molecule is C=CCOc1ccc([C@H]2c3[nH]c4ccc(Cl)cc4c3CCN2C(O)OCC2CCCC2)cc1. The van der Waals surface area contributed by atoms with Gasteiger partial charge in [0.2, 0.25) is 6.41 Å². The standard InChI is InChI=1S/C27H31ClN2O3/c1-2-15-32-21-10-7-19(8-11-21)26-25-22(23-16-20(28)9-12-24(23)29-25)13-14-30(26)27(31)33-17-18-5-3-4-6-18/h2,7-12,16,18,26-27,29,31H,1,3-6,13-15,17H2/t26-,27?/m0/s1. The van der Waals surface area contributed by atoms with E-state index < -0.39 is 6.41 Å². The molecule has 174 valence electrons. The van der Waals surface area contributed by atoms with E-state index in [1.165, 1.54) is 31.2 Å². The summed E-state index contributed by atoms with van der Waals surface area (Å²) in [6.45, 7) is 5.47. The summed E-state index contributed by atoms with van der Waals surface area (Å²) in [5.74, 6) is 1.35. The molecule has 1 aliphatic carbocycles. The Balaban J connectivity index is 1.47. The Labute approximate surface area is 200 Å². The molecule has 0 saturated heterocycles. The van der Waals surface area contributed by atoms with Gasteiger partial charge in [-0.15, -0.1) is 0 Å². The Morgan fingerprint density at radius 1 is 1.18 bits per heavy atom. The maximum absolute atomic E-state index is 11.1. The molecule has 1 aromatic heterocycles. The molecule has 0 bridgehead atoms. The number of fused-ring (bicyclic) bond motifs is 3. The molecule has 2 atom stereocenters. The molecular formula is C27H31ClN2O3. The number of aromatic nitrogens is 1. The minimum absolute atomic E-state index is 0.160. The molecule has 2 aromatic carbocycles. The number of hydrogen-bond donors (Lipinski definition) is 2. The summed E-state index contributed by atoms with van der Waals surface area (Å²) in [7, 11) is 0. The average molecular weight is 467 g/mol. The fourth-order valence-corrected chi connectivity index (χ4v) is 5.44. The van der Waals surface area contributed by atoms with Crippen molar-refractivity contribution in [3.05, 3.63) is 77.0 Å². The van der Waals surface area contributed by atoms with Gasteiger partial charge in [0.05, 0.1) is 12.6 Å². The van der Waals surface area contributed by atoms with Gasteiger partial charge in [0.1, 0.15) is 12.4 Å². The fourth-order valence-electron chi connectivity index (χ4n) is 5.27. The molecule has 1 aliphatic heterocycles. The smallest absolute Gasteiger partial charge is 0.216 e. The molecule has 1 fully saturated rings. The van der Waals surface area contributed by atoms with Crippen LogP contribution in [-0.4, -0.2) is 41.2 Å². The molecule has 2 heterocycles. The van der Waals surface area contributed by atoms with Gasteiger partial charge in [-0.1, -0.05) is 49.2 Å². The lowest BCUT2D eigenvalue weighted by molar-refractivity contribution is -0.210. The van der Waals surface area contributed by atoms with Gasteiger partial charge in [0.15, 0.2) is 0 Å². The van der Waals surface area contributed by atoms with Crippen LogP contribution in [-0.2, 0) is 11.2 Å². The van der Waals surface area contributed by atoms with Crippen LogP contribution in [0.25, 0.3) is 10.9 Å². The summed E-state index contributed by atoms with van der Waals surface area (Å²) in [5.41, 5.74) is 4.47. The van der Waals surface area contributed by atoms with E-state index >= 15 is 0 Å². The first-order chi connectivity index (χ1) is 16.1. The minimum atomic E-state index is -0.963. The number of benzene rings is 2. The molecule has 2 aliphatic rings. The Morgan fingerprint density at radius 2 is 1.97 bits per heavy atom. The number of rotatable bonds is 8. The van der Waals surface area contributed by atoms with E-state index in [1.54, 1.807) is 6.08 Å². The van der Waals surface area contributed by atoms with Gasteiger partial charge < -0.3 is 19.6 Å². The zero-order valence-corrected chi connectivity index (χ0v) is 19.6. The second kappa shape index (κ2) is 9.90. The predicted molar refractivity (Wildman–Crippen MR) is 132 cm³/mol. The molecule has 0 amide bonds. The first-order valence-electron chi connectivity index (χ1n) is 11.8. The normalized spacial score (nSPS) is 20.1. The Hall–Kier alpha value is -2.31. The van der Waals surface area contributed by atoms with Crippen LogP contribution in [0.15, 0.2) is 55.1 Å². The summed E-state index contributed by atoms with van der Waals surface area (Å²) < 4.78 is 11.7. The Bertz CT molecular complexity index is 1100. The van der Waals surface area contributed by atoms with E-state index in [2.05, 4.69) is 23.7 Å². The molecular weight excluding hydrogens is 436 g/mol. The lowest BCUT2D eigenvalue weighted by atomic mass is 9.92. The number of aromatic amines is 1. The van der Waals surface area contributed by atoms with Gasteiger partial charge in [-0.05, 0) is 66.6 Å². The summed E-state index contributed by atoms with van der Waals surface area (Å²) in [6.07, 6.45) is 6.49. The highest BCUT2D eigenvalue weighted by Crippen LogP contribution is 2.40. The number of hydrogen-bond acceptors (Lipinski definition) is 4. The first kappa shape index (κ1) is 22.5. The van der Waals surface area contributed by atoms with E-state index in [-0.39, 0.29) is 6.04 Å². The molecule has 0 radical (unpaired) electrons. The number of nitrogens with one attached hydrogen (secondary N) is 1. The van der Waals surface area contributed by atoms with Crippen LogP contribution >= 0.6 is 11.6 Å². The molecule has 5 nitrogen and oxygen atoms in total. The van der Waals surface area contributed by atoms with Gasteiger partial charge in [-0.25, -0.2) is 4.90 Å². The van der Waals surface area contributed by atoms with Crippen LogP contribution < -0.4 is 4.74 Å². The molecule has 5 rings (SSSR count). The number of nitrogens with zero attached hydrogens (tertiary/aromatic N) is 1. The van der Waals surface area contributed by atoms with Crippen molar-refractivity contribution in [1.29, 1.82) is 0 Å². The van der Waals surface area contributed by atoms with Crippen molar-refractivity contribution in [2.24, 2.45) is 5.92 Å². The van der Waals surface area contributed by atoms with E-state index in [9.17, 15) is 5.11 Å². The van der Waals surface area contributed by atoms with Crippen molar-refractivity contribution in [1.82, 2.24) is 9.88 Å². The van der Waals surface area contributed by atoms with Crippen LogP contribution in [0, 0.1) is 5.92 Å². The number of ether oxygens (including phenoxy) is 2. The van der Waals surface area contributed by atoms with Crippen molar-refractivity contribution in [3.63, 3.8) is 0 Å². The quantitative estimate of drug-likeness (QED) is 0.324. The summed E-state index contributed by atoms with van der Waals surface area (Å²) in [6, 6.07) is 13.9. The fraction of sp³-hybridized carbons (Fsp3) is 0.407. The van der Waals surface area contributed by atoms with Gasteiger partial charge in [0.25, 0.3) is 0 Å². The second-order valence-electron chi connectivity index (χ2n) is 9.08. The Kier molecular flexibility index (Phi) is 6.74. The van der Waals surface area contributed by atoms with Gasteiger partial charge >= 0.3 is 0 Å². The van der Waals surface area contributed by atoms with E-state index in [1.807, 2.05) is 35.2 Å². The van der Waals surface area contributed by atoms with Gasteiger partial charge in [-0.2, -0.15) is 0 Å². The lowest BCUT2D eigenvalue weighted by Crippen LogP contribution is -2.45. The lowest BCUT2D eigenvalue weighted by Gasteiger charge is -2.39. The molecule has 0 spiro atoms. The average Bonchev–Trinajstić information content (AvgIpc) is 3.48. The summed E-state index contributed by atoms with van der Waals surface area (Å²) in [5, 5.41) is 13.0. The Morgan fingerprint density at radius 3 is 2.73 bits per heavy atom. The third-order valence-electron chi connectivity index (χ3n) is 6.93. The maximum atomic E-state index is 11.1. The minimum Gasteiger partial charge on any atom is -0.490 e. The van der Waals surface area contributed by atoms with Crippen LogP contribution in [0.4, 0.5) is 0 Å². The number of halogens is 1. The predicted octanol–water partition coefficient (Wildman–Crippen LogP) is 5.82. The maximum Gasteiger partial charge on any atom is 0.216 e. The number of H-pyrrole nitrogens is 1. The highest BCUT2D eigenvalue weighted by atomic mass is 35.5. The molecule has 1 saturated carbocycles. The first-order valence-corrected chi connectivity index (χ1v) is 12.2. The molecule has 1 unspecified atom stereocenters. The van der Waals surface area contributed by atoms with Crippen LogP contribution in [0.3, 0.4) is 0 Å². The number of aliphatic hydroxyl groups is 1. The van der Waals surface area contributed by atoms with Crippen LogP contribution in [0.1, 0.15) is 48.5 Å². The zero-order valence-electron chi connectivity index (χ0n) is 18.8. The van der Waals surface area contributed by atoms with Crippen LogP contribution in [0.2, 0.25) is 5.02 Å². The zero-order chi connectivity index (χ0) is 22.8. The van der Waals surface area contributed by atoms with Crippen molar-refractivity contribution >= 4 is 22.5 Å². The van der Waals surface area contributed by atoms with E-state index in [4.69, 9.17) is 21.1 Å². The molecule has 6 heteroatoms. The summed E-state index contributed by atoms with van der Waals surface area (Å²) >= 11 is 6.31. The highest BCUT2D eigenvalue weighted by molar-refractivity contribution is 6.31. The van der Waals surface area contributed by atoms with Gasteiger partial charge in [0, 0.05) is 28.2 Å². The van der Waals surface area contributed by atoms with Crippen molar-refractivity contribution in [2.45, 2.75) is 44.6 Å². The second-order valence-corrected chi connectivity index (χ2v) is 9.51. The topological polar surface area (TPSA) is 57.7 Å². The number of aliphatic hydroxyl groups excluding tert-OH is 1.